The van der Waals surface area contributed by atoms with Gasteiger partial charge in [0.15, 0.2) is 5.78 Å². The van der Waals surface area contributed by atoms with Gasteiger partial charge in [0.2, 0.25) is 0 Å². The lowest BCUT2D eigenvalue weighted by molar-refractivity contribution is -0.143. The summed E-state index contributed by atoms with van der Waals surface area (Å²) in [5, 5.41) is 0.428. The van der Waals surface area contributed by atoms with E-state index in [4.69, 9.17) is 21.1 Å². The molecule has 0 saturated heterocycles. The molecule has 0 radical (unpaired) electrons. The van der Waals surface area contributed by atoms with Crippen molar-refractivity contribution in [2.75, 3.05) is 13.7 Å². The van der Waals surface area contributed by atoms with E-state index in [9.17, 15) is 14.4 Å². The van der Waals surface area contributed by atoms with Crippen molar-refractivity contribution in [3.05, 3.63) is 51.4 Å². The van der Waals surface area contributed by atoms with Crippen LogP contribution in [0.4, 0.5) is 0 Å². The van der Waals surface area contributed by atoms with Crippen molar-refractivity contribution in [3.63, 3.8) is 0 Å². The van der Waals surface area contributed by atoms with E-state index in [0.717, 1.165) is 0 Å². The number of benzene rings is 1. The van der Waals surface area contributed by atoms with E-state index < -0.39 is 11.5 Å². The first-order valence-corrected chi connectivity index (χ1v) is 8.00. The molecule has 0 saturated carbocycles. The summed E-state index contributed by atoms with van der Waals surface area (Å²) >= 11 is 6.04. The summed E-state index contributed by atoms with van der Waals surface area (Å²) in [5.74, 6) is -0.343. The number of ketones is 1. The third-order valence-corrected chi connectivity index (χ3v) is 3.80. The Morgan fingerprint density at radius 3 is 2.52 bits per heavy atom. The topological polar surface area (TPSA) is 74.6 Å². The minimum absolute atomic E-state index is 0.163. The maximum Gasteiger partial charge on any atom is 0.326 e. The number of rotatable bonds is 6. The van der Waals surface area contributed by atoms with Crippen LogP contribution in [0.2, 0.25) is 5.02 Å². The number of hydrogen-bond donors (Lipinski definition) is 0. The number of ether oxygens (including phenoxy) is 2. The first-order chi connectivity index (χ1) is 11.9. The van der Waals surface area contributed by atoms with Gasteiger partial charge in [-0.15, -0.1) is 0 Å². The minimum atomic E-state index is -0.522. The molecule has 0 atom stereocenters. The number of pyridine rings is 1. The molecule has 0 fully saturated rings. The van der Waals surface area contributed by atoms with E-state index in [2.05, 4.69) is 0 Å². The molecule has 1 aromatic heterocycles. The molecular formula is C18H18ClNO5. The van der Waals surface area contributed by atoms with Crippen LogP contribution in [0.3, 0.4) is 0 Å². The molecule has 25 heavy (non-hydrogen) atoms. The van der Waals surface area contributed by atoms with Crippen molar-refractivity contribution in [1.29, 1.82) is 0 Å². The number of esters is 1. The fourth-order valence-corrected chi connectivity index (χ4v) is 2.61. The Hall–Kier alpha value is -2.60. The fourth-order valence-electron chi connectivity index (χ4n) is 2.44. The van der Waals surface area contributed by atoms with Gasteiger partial charge >= 0.3 is 5.97 Å². The Morgan fingerprint density at radius 2 is 1.92 bits per heavy atom. The molecule has 0 aliphatic rings. The molecule has 1 heterocycles. The van der Waals surface area contributed by atoms with Crippen LogP contribution in [0.5, 0.6) is 5.75 Å². The number of carbonyl (C=O) groups is 2. The van der Waals surface area contributed by atoms with Crippen molar-refractivity contribution < 1.29 is 19.1 Å². The Bertz CT molecular complexity index is 872. The van der Waals surface area contributed by atoms with Gasteiger partial charge in [0, 0.05) is 22.2 Å². The summed E-state index contributed by atoms with van der Waals surface area (Å²) in [7, 11) is 1.44. The quantitative estimate of drug-likeness (QED) is 0.582. The van der Waals surface area contributed by atoms with Gasteiger partial charge in [-0.25, -0.2) is 0 Å². The number of methoxy groups -OCH3 is 1. The van der Waals surface area contributed by atoms with E-state index in [0.29, 0.717) is 27.5 Å². The Kier molecular flexibility index (Phi) is 5.98. The van der Waals surface area contributed by atoms with Crippen molar-refractivity contribution >= 4 is 23.4 Å². The molecule has 7 heteroatoms. The summed E-state index contributed by atoms with van der Waals surface area (Å²) in [6, 6.07) is 6.13. The van der Waals surface area contributed by atoms with Gasteiger partial charge in [-0.1, -0.05) is 11.6 Å². The highest BCUT2D eigenvalue weighted by Crippen LogP contribution is 2.33. The molecule has 2 aromatic rings. The van der Waals surface area contributed by atoms with Gasteiger partial charge in [0.1, 0.15) is 12.3 Å². The van der Waals surface area contributed by atoms with Gasteiger partial charge in [-0.05, 0) is 37.6 Å². The van der Waals surface area contributed by atoms with Crippen molar-refractivity contribution in [1.82, 2.24) is 4.57 Å². The highest BCUT2D eigenvalue weighted by atomic mass is 35.5. The second-order valence-electron chi connectivity index (χ2n) is 5.27. The maximum atomic E-state index is 12.4. The molecule has 0 aliphatic heterocycles. The van der Waals surface area contributed by atoms with Crippen LogP contribution in [-0.2, 0) is 16.1 Å². The predicted molar refractivity (Wildman–Crippen MR) is 94.3 cm³/mol. The Morgan fingerprint density at radius 1 is 1.20 bits per heavy atom. The van der Waals surface area contributed by atoms with E-state index in [1.165, 1.54) is 30.9 Å². The number of halogens is 1. The molecule has 0 aliphatic carbocycles. The third kappa shape index (κ3) is 4.28. The lowest BCUT2D eigenvalue weighted by Crippen LogP contribution is -2.25. The molecule has 0 N–H and O–H groups in total. The van der Waals surface area contributed by atoms with Crippen LogP contribution < -0.4 is 10.3 Å². The SMILES string of the molecule is CCOC(=O)Cn1cc(OC)c(-c2cc(Cl)ccc2C(C)=O)cc1=O. The van der Waals surface area contributed by atoms with Gasteiger partial charge in [-0.3, -0.25) is 14.4 Å². The zero-order valence-electron chi connectivity index (χ0n) is 14.2. The molecule has 132 valence electrons. The van der Waals surface area contributed by atoms with Crippen LogP contribution in [-0.4, -0.2) is 30.0 Å². The smallest absolute Gasteiger partial charge is 0.326 e. The highest BCUT2D eigenvalue weighted by molar-refractivity contribution is 6.31. The summed E-state index contributed by atoms with van der Waals surface area (Å²) in [6.45, 7) is 3.12. The van der Waals surface area contributed by atoms with Crippen LogP contribution in [0.25, 0.3) is 11.1 Å². The number of aromatic nitrogens is 1. The number of Topliss-reactive ketones (excluding diaryl/α,β-unsaturated/α-hetero) is 1. The second kappa shape index (κ2) is 7.98. The average molecular weight is 364 g/mol. The maximum absolute atomic E-state index is 12.4. The molecule has 0 unspecified atom stereocenters. The van der Waals surface area contributed by atoms with Gasteiger partial charge in [0.05, 0.1) is 19.9 Å². The van der Waals surface area contributed by atoms with E-state index >= 15 is 0 Å². The molecule has 0 amide bonds. The number of hydrogen-bond acceptors (Lipinski definition) is 5. The van der Waals surface area contributed by atoms with Crippen LogP contribution in [0.1, 0.15) is 24.2 Å². The fraction of sp³-hybridized carbons (Fsp3) is 0.278. The lowest BCUT2D eigenvalue weighted by atomic mass is 9.97. The normalized spacial score (nSPS) is 10.4. The molecule has 6 nitrogen and oxygen atoms in total. The van der Waals surface area contributed by atoms with Gasteiger partial charge in [-0.2, -0.15) is 0 Å². The van der Waals surface area contributed by atoms with E-state index in [1.54, 1.807) is 25.1 Å². The van der Waals surface area contributed by atoms with Crippen LogP contribution >= 0.6 is 11.6 Å². The zero-order chi connectivity index (χ0) is 18.6. The first kappa shape index (κ1) is 18.7. The molecule has 2 rings (SSSR count). The first-order valence-electron chi connectivity index (χ1n) is 7.62. The number of nitrogens with zero attached hydrogens (tertiary/aromatic N) is 1. The highest BCUT2D eigenvalue weighted by Gasteiger charge is 2.17. The van der Waals surface area contributed by atoms with Gasteiger partial charge < -0.3 is 14.0 Å². The largest absolute Gasteiger partial charge is 0.495 e. The minimum Gasteiger partial charge on any atom is -0.495 e. The van der Waals surface area contributed by atoms with Crippen LogP contribution in [0, 0.1) is 0 Å². The third-order valence-electron chi connectivity index (χ3n) is 3.57. The van der Waals surface area contributed by atoms with E-state index in [-0.39, 0.29) is 18.9 Å². The summed E-state index contributed by atoms with van der Waals surface area (Å²) in [6.07, 6.45) is 1.42. The predicted octanol–water partition coefficient (Wildman–Crippen LogP) is 2.94. The average Bonchev–Trinajstić information content (AvgIpc) is 2.56. The monoisotopic (exact) mass is 363 g/mol. The van der Waals surface area contributed by atoms with E-state index in [1.807, 2.05) is 0 Å². The lowest BCUT2D eigenvalue weighted by Gasteiger charge is -2.14. The van der Waals surface area contributed by atoms with Crippen molar-refractivity contribution in [3.8, 4) is 16.9 Å². The van der Waals surface area contributed by atoms with Crippen molar-refractivity contribution in [2.45, 2.75) is 20.4 Å². The van der Waals surface area contributed by atoms with Crippen molar-refractivity contribution in [2.24, 2.45) is 0 Å². The molecular weight excluding hydrogens is 346 g/mol. The molecule has 1 aromatic carbocycles. The molecule has 0 spiro atoms. The van der Waals surface area contributed by atoms with Gasteiger partial charge in [0.25, 0.3) is 5.56 Å². The summed E-state index contributed by atoms with van der Waals surface area (Å²) in [5.41, 5.74) is 0.932. The Balaban J connectivity index is 2.59. The number of carbonyl (C=O) groups excluding carboxylic acids is 2. The Labute approximate surface area is 149 Å². The standard InChI is InChI=1S/C18H18ClNO5/c1-4-25-18(23)10-20-9-16(24-3)15(8-17(20)22)14-7-12(19)5-6-13(14)11(2)21/h5-9H,4,10H2,1-3H3. The van der Waals surface area contributed by atoms with Crippen LogP contribution in [0.15, 0.2) is 35.3 Å². The molecule has 0 bridgehead atoms. The zero-order valence-corrected chi connectivity index (χ0v) is 14.9. The summed E-state index contributed by atoms with van der Waals surface area (Å²) in [4.78, 5) is 35.9. The second-order valence-corrected chi connectivity index (χ2v) is 5.71. The summed E-state index contributed by atoms with van der Waals surface area (Å²) < 4.78 is 11.4.